The summed E-state index contributed by atoms with van der Waals surface area (Å²) in [5.74, 6) is 0.801. The molecule has 0 bridgehead atoms. The molecular weight excluding hydrogens is 426 g/mol. The molecule has 4 rings (SSSR count). The fourth-order valence-corrected chi connectivity index (χ4v) is 6.61. The highest BCUT2D eigenvalue weighted by molar-refractivity contribution is 7.07. The SMILES string of the molecule is CC(CCN)N1CCC(N(Cc2ccsc2)C(=O)C(c2ccccc2)C2CCCCC2)CC1. The fraction of sp³-hybridized carbons (Fsp3) is 0.607. The van der Waals surface area contributed by atoms with E-state index in [0.29, 0.717) is 23.9 Å². The topological polar surface area (TPSA) is 49.6 Å². The van der Waals surface area contributed by atoms with Gasteiger partial charge in [0.2, 0.25) is 5.91 Å². The van der Waals surface area contributed by atoms with E-state index in [1.54, 1.807) is 11.3 Å². The third-order valence-electron chi connectivity index (χ3n) is 7.91. The summed E-state index contributed by atoms with van der Waals surface area (Å²) in [6, 6.07) is 13.6. The fourth-order valence-electron chi connectivity index (χ4n) is 5.95. The number of nitrogens with two attached hydrogens (primary N) is 1. The van der Waals surface area contributed by atoms with Crippen LogP contribution in [0.4, 0.5) is 0 Å². The molecule has 4 nitrogen and oxygen atoms in total. The van der Waals surface area contributed by atoms with Gasteiger partial charge in [0.15, 0.2) is 0 Å². The molecule has 2 atom stereocenters. The molecule has 1 saturated heterocycles. The van der Waals surface area contributed by atoms with E-state index in [0.717, 1.165) is 45.4 Å². The van der Waals surface area contributed by atoms with Crippen LogP contribution in [0.1, 0.15) is 75.3 Å². The Labute approximate surface area is 204 Å². The highest BCUT2D eigenvalue weighted by Crippen LogP contribution is 2.38. The average molecular weight is 468 g/mol. The Bertz CT molecular complexity index is 826. The van der Waals surface area contributed by atoms with E-state index in [1.807, 2.05) is 0 Å². The number of rotatable bonds is 9. The van der Waals surface area contributed by atoms with Gasteiger partial charge in [0.25, 0.3) is 0 Å². The second-order valence-corrected chi connectivity index (χ2v) is 10.9. The van der Waals surface area contributed by atoms with Crippen LogP contribution in [0.15, 0.2) is 47.2 Å². The largest absolute Gasteiger partial charge is 0.335 e. The Balaban J connectivity index is 1.56. The summed E-state index contributed by atoms with van der Waals surface area (Å²) in [5, 5.41) is 4.34. The number of amides is 1. The van der Waals surface area contributed by atoms with Crippen LogP contribution in [0, 0.1) is 5.92 Å². The lowest BCUT2D eigenvalue weighted by atomic mass is 9.75. The number of hydrogen-bond donors (Lipinski definition) is 1. The van der Waals surface area contributed by atoms with Crippen LogP contribution >= 0.6 is 11.3 Å². The average Bonchev–Trinajstić information content (AvgIpc) is 3.38. The second-order valence-electron chi connectivity index (χ2n) is 10.1. The zero-order valence-electron chi connectivity index (χ0n) is 20.2. The van der Waals surface area contributed by atoms with Crippen molar-refractivity contribution in [3.63, 3.8) is 0 Å². The Kier molecular flexibility index (Phi) is 8.99. The molecule has 1 aliphatic heterocycles. The quantitative estimate of drug-likeness (QED) is 0.519. The normalized spacial score (nSPS) is 20.4. The summed E-state index contributed by atoms with van der Waals surface area (Å²) in [7, 11) is 0. The summed E-state index contributed by atoms with van der Waals surface area (Å²) in [4.78, 5) is 19.2. The molecule has 0 spiro atoms. The molecule has 2 fully saturated rings. The zero-order chi connectivity index (χ0) is 23.0. The minimum Gasteiger partial charge on any atom is -0.335 e. The first-order valence-electron chi connectivity index (χ1n) is 13.0. The minimum absolute atomic E-state index is 0.0145. The number of carbonyl (C=O) groups is 1. The summed E-state index contributed by atoms with van der Waals surface area (Å²) >= 11 is 1.72. The molecule has 1 aromatic heterocycles. The molecule has 5 heteroatoms. The van der Waals surface area contributed by atoms with E-state index >= 15 is 0 Å². The van der Waals surface area contributed by atoms with E-state index in [1.165, 1.54) is 43.2 Å². The van der Waals surface area contributed by atoms with Gasteiger partial charge in [-0.2, -0.15) is 11.3 Å². The standard InChI is InChI=1S/C28H41N3OS/c1-22(12-16-29)30-17-13-26(14-18-30)31(20-23-15-19-33-21-23)28(32)27(24-8-4-2-5-9-24)25-10-6-3-7-11-25/h2,4-5,8-9,15,19,21-22,25-27H,3,6-7,10-14,16-18,20,29H2,1H3. The molecule has 2 heterocycles. The maximum absolute atomic E-state index is 14.4. The van der Waals surface area contributed by atoms with E-state index < -0.39 is 0 Å². The number of hydrogen-bond acceptors (Lipinski definition) is 4. The Morgan fingerprint density at radius 3 is 2.45 bits per heavy atom. The number of likely N-dealkylation sites (tertiary alicyclic amines) is 1. The summed E-state index contributed by atoms with van der Waals surface area (Å²) in [5.41, 5.74) is 8.28. The molecule has 2 unspecified atom stereocenters. The number of thiophene rings is 1. The van der Waals surface area contributed by atoms with Crippen LogP contribution in [0.25, 0.3) is 0 Å². The van der Waals surface area contributed by atoms with Crippen molar-refractivity contribution < 1.29 is 4.79 Å². The van der Waals surface area contributed by atoms with Crippen LogP contribution in [-0.2, 0) is 11.3 Å². The molecule has 180 valence electrons. The number of benzene rings is 1. The van der Waals surface area contributed by atoms with Crippen molar-refractivity contribution in [2.45, 2.75) is 82.8 Å². The van der Waals surface area contributed by atoms with Crippen LogP contribution in [0.5, 0.6) is 0 Å². The smallest absolute Gasteiger partial charge is 0.230 e. The van der Waals surface area contributed by atoms with Crippen molar-refractivity contribution in [2.75, 3.05) is 19.6 Å². The van der Waals surface area contributed by atoms with E-state index in [2.05, 4.69) is 63.9 Å². The van der Waals surface area contributed by atoms with Crippen molar-refractivity contribution >= 4 is 17.2 Å². The Hall–Kier alpha value is -1.69. The highest BCUT2D eigenvalue weighted by Gasteiger charge is 2.37. The predicted molar refractivity (Wildman–Crippen MR) is 138 cm³/mol. The highest BCUT2D eigenvalue weighted by atomic mass is 32.1. The molecule has 2 aromatic rings. The van der Waals surface area contributed by atoms with Gasteiger partial charge in [-0.15, -0.1) is 0 Å². The molecular formula is C28H41N3OS. The van der Waals surface area contributed by atoms with Gasteiger partial charge in [0.05, 0.1) is 5.92 Å². The van der Waals surface area contributed by atoms with Crippen molar-refractivity contribution in [1.29, 1.82) is 0 Å². The number of carbonyl (C=O) groups excluding carboxylic acids is 1. The Morgan fingerprint density at radius 2 is 1.82 bits per heavy atom. The summed E-state index contributed by atoms with van der Waals surface area (Å²) in [6.07, 6.45) is 9.31. The van der Waals surface area contributed by atoms with Crippen LogP contribution in [0.2, 0.25) is 0 Å². The molecule has 2 aliphatic rings. The maximum atomic E-state index is 14.4. The molecule has 2 N–H and O–H groups in total. The Morgan fingerprint density at radius 1 is 1.09 bits per heavy atom. The van der Waals surface area contributed by atoms with Gasteiger partial charge in [-0.3, -0.25) is 4.79 Å². The first kappa shape index (κ1) is 24.4. The van der Waals surface area contributed by atoms with E-state index in [9.17, 15) is 4.79 Å². The lowest BCUT2D eigenvalue weighted by Gasteiger charge is -2.43. The molecule has 1 amide bonds. The predicted octanol–water partition coefficient (Wildman–Crippen LogP) is 5.64. The number of nitrogens with zero attached hydrogens (tertiary/aromatic N) is 2. The van der Waals surface area contributed by atoms with Gasteiger partial charge in [0.1, 0.15) is 0 Å². The van der Waals surface area contributed by atoms with Gasteiger partial charge in [0, 0.05) is 31.7 Å². The molecule has 1 aromatic carbocycles. The van der Waals surface area contributed by atoms with Crippen molar-refractivity contribution in [3.05, 3.63) is 58.3 Å². The first-order valence-corrected chi connectivity index (χ1v) is 13.9. The minimum atomic E-state index is -0.0145. The lowest BCUT2D eigenvalue weighted by Crippen LogP contribution is -2.51. The third-order valence-corrected chi connectivity index (χ3v) is 8.64. The van der Waals surface area contributed by atoms with Gasteiger partial charge in [-0.25, -0.2) is 0 Å². The maximum Gasteiger partial charge on any atom is 0.230 e. The van der Waals surface area contributed by atoms with Crippen LogP contribution < -0.4 is 5.73 Å². The van der Waals surface area contributed by atoms with Crippen molar-refractivity contribution in [3.8, 4) is 0 Å². The first-order chi connectivity index (χ1) is 16.2. The molecule has 1 aliphatic carbocycles. The lowest BCUT2D eigenvalue weighted by molar-refractivity contribution is -0.138. The van der Waals surface area contributed by atoms with Gasteiger partial charge < -0.3 is 15.5 Å². The van der Waals surface area contributed by atoms with Crippen LogP contribution in [0.3, 0.4) is 0 Å². The van der Waals surface area contributed by atoms with Gasteiger partial charge >= 0.3 is 0 Å². The van der Waals surface area contributed by atoms with Gasteiger partial charge in [-0.05, 0) is 79.4 Å². The molecule has 1 saturated carbocycles. The molecule has 0 radical (unpaired) electrons. The van der Waals surface area contributed by atoms with Crippen molar-refractivity contribution in [1.82, 2.24) is 9.80 Å². The number of piperidine rings is 1. The third kappa shape index (κ3) is 6.26. The van der Waals surface area contributed by atoms with E-state index in [4.69, 9.17) is 5.73 Å². The monoisotopic (exact) mass is 467 g/mol. The molecule has 33 heavy (non-hydrogen) atoms. The van der Waals surface area contributed by atoms with Crippen molar-refractivity contribution in [2.24, 2.45) is 11.7 Å². The van der Waals surface area contributed by atoms with Gasteiger partial charge in [-0.1, -0.05) is 49.6 Å². The zero-order valence-corrected chi connectivity index (χ0v) is 21.0. The second kappa shape index (κ2) is 12.1. The van der Waals surface area contributed by atoms with Crippen LogP contribution in [-0.4, -0.2) is 47.4 Å². The summed E-state index contributed by atoms with van der Waals surface area (Å²) < 4.78 is 0. The summed E-state index contributed by atoms with van der Waals surface area (Å²) in [6.45, 7) is 5.87. The van der Waals surface area contributed by atoms with E-state index in [-0.39, 0.29) is 5.92 Å².